The largest absolute Gasteiger partial charge is 0.468 e. The van der Waals surface area contributed by atoms with Crippen LogP contribution in [0, 0.1) is 5.92 Å². The Hall–Kier alpha value is -2.21. The number of ether oxygens (including phenoxy) is 1. The second-order valence-corrected chi connectivity index (χ2v) is 11.1. The maximum absolute atomic E-state index is 13.6. The second-order valence-electron chi connectivity index (χ2n) is 9.21. The highest BCUT2D eigenvalue weighted by molar-refractivity contribution is 7.89. The molecule has 11 heteroatoms. The zero-order valence-corrected chi connectivity index (χ0v) is 21.8. The number of esters is 1. The third-order valence-corrected chi connectivity index (χ3v) is 8.20. The van der Waals surface area contributed by atoms with Crippen molar-refractivity contribution in [2.45, 2.75) is 58.2 Å². The molecule has 2 aliphatic rings. The molecule has 1 aromatic carbocycles. The number of amides is 2. The highest BCUT2D eigenvalue weighted by atomic mass is 32.2. The van der Waals surface area contributed by atoms with E-state index in [2.05, 4.69) is 10.0 Å². The summed E-state index contributed by atoms with van der Waals surface area (Å²) in [6.07, 6.45) is 3.75. The molecule has 35 heavy (non-hydrogen) atoms. The molecule has 196 valence electrons. The van der Waals surface area contributed by atoms with Gasteiger partial charge in [0.1, 0.15) is 12.2 Å². The predicted octanol–water partition coefficient (Wildman–Crippen LogP) is 2.14. The number of carbonyl (C=O) groups is 2. The van der Waals surface area contributed by atoms with Gasteiger partial charge in [0, 0.05) is 18.8 Å². The quantitative estimate of drug-likeness (QED) is 0.415. The van der Waals surface area contributed by atoms with Crippen molar-refractivity contribution in [2.24, 2.45) is 5.92 Å². The number of urea groups is 1. The Morgan fingerprint density at radius 2 is 1.91 bits per heavy atom. The fourth-order valence-electron chi connectivity index (χ4n) is 4.69. The molecule has 2 N–H and O–H groups in total. The summed E-state index contributed by atoms with van der Waals surface area (Å²) in [4.78, 5) is 27.9. The predicted molar refractivity (Wildman–Crippen MR) is 135 cm³/mol. The van der Waals surface area contributed by atoms with Gasteiger partial charge < -0.3 is 10.1 Å². The molecular formula is C24H39N5O5S. The molecule has 2 atom stereocenters. The van der Waals surface area contributed by atoms with Crippen LogP contribution in [0.25, 0.3) is 0 Å². The first-order valence-corrected chi connectivity index (χ1v) is 14.1. The lowest BCUT2D eigenvalue weighted by molar-refractivity contribution is -0.144. The highest BCUT2D eigenvalue weighted by Crippen LogP contribution is 2.29. The minimum atomic E-state index is -3.68. The van der Waals surface area contributed by atoms with Gasteiger partial charge >= 0.3 is 12.0 Å². The number of anilines is 1. The summed E-state index contributed by atoms with van der Waals surface area (Å²) in [6, 6.07) is 8.05. The van der Waals surface area contributed by atoms with Crippen molar-refractivity contribution in [3.05, 3.63) is 30.3 Å². The zero-order valence-electron chi connectivity index (χ0n) is 21.0. The number of methoxy groups -OCH3 is 1. The van der Waals surface area contributed by atoms with Crippen molar-refractivity contribution in [3.63, 3.8) is 0 Å². The molecule has 2 amide bonds. The lowest BCUT2D eigenvalue weighted by atomic mass is 9.95. The van der Waals surface area contributed by atoms with Crippen LogP contribution in [0.4, 0.5) is 10.5 Å². The summed E-state index contributed by atoms with van der Waals surface area (Å²) in [6.45, 7) is 6.21. The molecule has 2 unspecified atom stereocenters. The number of benzene rings is 1. The van der Waals surface area contributed by atoms with E-state index < -0.39 is 28.2 Å². The highest BCUT2D eigenvalue weighted by Gasteiger charge is 2.44. The Kier molecular flexibility index (Phi) is 9.90. The average Bonchev–Trinajstić information content (AvgIpc) is 3.10. The summed E-state index contributed by atoms with van der Waals surface area (Å²) in [7, 11) is -2.45. The van der Waals surface area contributed by atoms with Crippen LogP contribution in [0.3, 0.4) is 0 Å². The molecule has 0 aromatic heterocycles. The summed E-state index contributed by atoms with van der Waals surface area (Å²) in [5.41, 5.74) is 0.748. The van der Waals surface area contributed by atoms with E-state index in [1.807, 2.05) is 44.2 Å². The number of piperidine rings is 1. The number of para-hydroxylation sites is 1. The Bertz CT molecular complexity index is 939. The van der Waals surface area contributed by atoms with E-state index in [9.17, 15) is 18.0 Å². The molecular weight excluding hydrogens is 470 g/mol. The van der Waals surface area contributed by atoms with E-state index in [1.54, 1.807) is 14.9 Å². The van der Waals surface area contributed by atoms with Crippen LogP contribution in [0.5, 0.6) is 0 Å². The van der Waals surface area contributed by atoms with Gasteiger partial charge in [-0.1, -0.05) is 31.5 Å². The lowest BCUT2D eigenvalue weighted by Gasteiger charge is -2.33. The summed E-state index contributed by atoms with van der Waals surface area (Å²) in [5.74, 6) is -0.238. The number of nitrogens with zero attached hydrogens (tertiary/aromatic N) is 3. The number of carbonyl (C=O) groups excluding carboxylic acids is 2. The lowest BCUT2D eigenvalue weighted by Crippen LogP contribution is -2.54. The van der Waals surface area contributed by atoms with Crippen LogP contribution in [0.15, 0.2) is 30.3 Å². The molecule has 0 bridgehead atoms. The third kappa shape index (κ3) is 7.16. The smallest absolute Gasteiger partial charge is 0.340 e. The number of hydrazine groups is 1. The standard InChI is InChI=1S/C24H39N5O5S/c1-4-5-17-35(32,33)26-22(23(30)34-3)18-28-19(2)29(21-9-7-6-8-10-21)24(31)27(28)16-13-20-11-14-25-15-12-20/h6-10,19-20,22,25-26H,4-5,11-18H2,1-3H3. The van der Waals surface area contributed by atoms with Gasteiger partial charge in [-0.05, 0) is 63.7 Å². The molecule has 0 radical (unpaired) electrons. The molecule has 0 aliphatic carbocycles. The minimum Gasteiger partial charge on any atom is -0.468 e. The zero-order chi connectivity index (χ0) is 25.4. The van der Waals surface area contributed by atoms with Gasteiger partial charge in [-0.3, -0.25) is 14.7 Å². The summed E-state index contributed by atoms with van der Waals surface area (Å²) >= 11 is 0. The Balaban J connectivity index is 1.84. The van der Waals surface area contributed by atoms with Gasteiger partial charge in [0.2, 0.25) is 10.0 Å². The van der Waals surface area contributed by atoms with Crippen molar-refractivity contribution in [2.75, 3.05) is 43.9 Å². The SMILES string of the molecule is CCCCS(=O)(=O)NC(CN1C(C)N(c2ccccc2)C(=O)N1CCC1CCNCC1)C(=O)OC. The summed E-state index contributed by atoms with van der Waals surface area (Å²) < 4.78 is 32.6. The number of sulfonamides is 1. The molecule has 2 saturated heterocycles. The number of hydrogen-bond acceptors (Lipinski definition) is 7. The summed E-state index contributed by atoms with van der Waals surface area (Å²) in [5, 5.41) is 6.82. The van der Waals surface area contributed by atoms with Gasteiger partial charge in [-0.15, -0.1) is 0 Å². The molecule has 2 fully saturated rings. The fourth-order valence-corrected chi connectivity index (χ4v) is 6.08. The van der Waals surface area contributed by atoms with E-state index in [4.69, 9.17) is 4.74 Å². The average molecular weight is 510 g/mol. The van der Waals surface area contributed by atoms with Gasteiger partial charge in [0.25, 0.3) is 0 Å². The van der Waals surface area contributed by atoms with Crippen LogP contribution in [0.2, 0.25) is 0 Å². The Morgan fingerprint density at radius 1 is 1.23 bits per heavy atom. The Morgan fingerprint density at radius 3 is 2.54 bits per heavy atom. The number of unbranched alkanes of at least 4 members (excludes halogenated alkanes) is 1. The van der Waals surface area contributed by atoms with E-state index >= 15 is 0 Å². The van der Waals surface area contributed by atoms with Crippen molar-refractivity contribution in [3.8, 4) is 0 Å². The first-order valence-electron chi connectivity index (χ1n) is 12.5. The normalized spacial score (nSPS) is 20.9. The first-order chi connectivity index (χ1) is 16.8. The molecule has 10 nitrogen and oxygen atoms in total. The van der Waals surface area contributed by atoms with E-state index in [0.717, 1.165) is 44.5 Å². The number of hydrogen-bond donors (Lipinski definition) is 2. The van der Waals surface area contributed by atoms with Crippen LogP contribution >= 0.6 is 0 Å². The van der Waals surface area contributed by atoms with Gasteiger partial charge in [0.05, 0.1) is 12.9 Å². The third-order valence-electron chi connectivity index (χ3n) is 6.73. The van der Waals surface area contributed by atoms with Crippen molar-refractivity contribution in [1.82, 2.24) is 20.1 Å². The first kappa shape index (κ1) is 27.4. The number of rotatable bonds is 12. The maximum Gasteiger partial charge on any atom is 0.340 e. The van der Waals surface area contributed by atoms with Crippen LogP contribution in [-0.4, -0.2) is 81.7 Å². The van der Waals surface area contributed by atoms with Gasteiger partial charge in [0.15, 0.2) is 0 Å². The topological polar surface area (TPSA) is 111 Å². The molecule has 3 rings (SSSR count). The van der Waals surface area contributed by atoms with Gasteiger partial charge in [-0.25, -0.2) is 13.2 Å². The molecule has 2 aliphatic heterocycles. The Labute approximate surface area is 209 Å². The second kappa shape index (κ2) is 12.7. The van der Waals surface area contributed by atoms with Crippen LogP contribution < -0.4 is 14.9 Å². The molecule has 0 saturated carbocycles. The van der Waals surface area contributed by atoms with Crippen molar-refractivity contribution >= 4 is 27.7 Å². The van der Waals surface area contributed by atoms with E-state index in [-0.39, 0.29) is 18.3 Å². The molecule has 1 aromatic rings. The fraction of sp³-hybridized carbons (Fsp3) is 0.667. The number of nitrogens with one attached hydrogen (secondary N) is 2. The van der Waals surface area contributed by atoms with Crippen LogP contribution in [-0.2, 0) is 19.6 Å². The van der Waals surface area contributed by atoms with Gasteiger partial charge in [-0.2, -0.15) is 9.73 Å². The van der Waals surface area contributed by atoms with E-state index in [1.165, 1.54) is 7.11 Å². The van der Waals surface area contributed by atoms with Crippen molar-refractivity contribution < 1.29 is 22.7 Å². The minimum absolute atomic E-state index is 0.0134. The maximum atomic E-state index is 13.6. The van der Waals surface area contributed by atoms with Crippen LogP contribution in [0.1, 0.15) is 46.0 Å². The molecule has 2 heterocycles. The van der Waals surface area contributed by atoms with Crippen molar-refractivity contribution in [1.29, 1.82) is 0 Å². The van der Waals surface area contributed by atoms with E-state index in [0.29, 0.717) is 18.9 Å². The monoisotopic (exact) mass is 509 g/mol. The molecule has 0 spiro atoms.